The van der Waals surface area contributed by atoms with Crippen molar-refractivity contribution in [1.82, 2.24) is 15.0 Å². The number of nitrogens with zero attached hydrogens (tertiary/aromatic N) is 3. The molecule has 0 spiro atoms. The molecule has 37 heavy (non-hydrogen) atoms. The number of carboxylic acid groups (broad SMARTS) is 1. The Morgan fingerprint density at radius 3 is 2.51 bits per heavy atom. The van der Waals surface area contributed by atoms with Gasteiger partial charge in [-0.2, -0.15) is 4.98 Å². The number of carbonyl (C=O) groups excluding carboxylic acids is 1. The van der Waals surface area contributed by atoms with Crippen LogP contribution in [0.1, 0.15) is 92.7 Å². The first-order valence-corrected chi connectivity index (χ1v) is 13.3. The molecule has 1 aliphatic carbocycles. The highest BCUT2D eigenvalue weighted by Gasteiger charge is 2.53. The molecule has 2 heterocycles. The van der Waals surface area contributed by atoms with Gasteiger partial charge in [0, 0.05) is 21.9 Å². The predicted molar refractivity (Wildman–Crippen MR) is 140 cm³/mol. The van der Waals surface area contributed by atoms with E-state index >= 15 is 0 Å². The number of benzene rings is 2. The van der Waals surface area contributed by atoms with Gasteiger partial charge in [-0.05, 0) is 61.1 Å². The number of aliphatic carboxylic acids is 1. The van der Waals surface area contributed by atoms with Crippen molar-refractivity contribution in [2.45, 2.75) is 69.9 Å². The van der Waals surface area contributed by atoms with Gasteiger partial charge in [0.25, 0.3) is 0 Å². The number of hydrogen-bond acceptors (Lipinski definition) is 5. The highest BCUT2D eigenvalue weighted by molar-refractivity contribution is 6.30. The number of aromatic nitrogens is 2. The third-order valence-electron chi connectivity index (χ3n) is 7.54. The van der Waals surface area contributed by atoms with Gasteiger partial charge in [0.1, 0.15) is 6.04 Å². The molecule has 2 unspecified atom stereocenters. The molecular formula is C28H29Cl2N3O4. The van der Waals surface area contributed by atoms with Gasteiger partial charge in [0.05, 0.1) is 17.9 Å². The van der Waals surface area contributed by atoms with Gasteiger partial charge >= 0.3 is 5.97 Å². The standard InChI is InChI=1S/C28H29Cl2N3O4/c1-3-22(26-31-25(32-37-26)17-7-8-17)33-24(16-9-11-19(29)12-10-16)21(18-5-4-6-20(30)13-18)14-28(2,27(33)36)15-23(34)35/h4-6,9-13,17,21-22,24H,3,7-8,14-15H2,1-2H3,(H,34,35)/t21?,22?,24-,28-/m1/s1. The van der Waals surface area contributed by atoms with Crippen LogP contribution in [0.25, 0.3) is 0 Å². The number of rotatable bonds is 8. The van der Waals surface area contributed by atoms with Crippen LogP contribution in [0.5, 0.6) is 0 Å². The van der Waals surface area contributed by atoms with Crippen LogP contribution in [0.4, 0.5) is 0 Å². The van der Waals surface area contributed by atoms with Crippen LogP contribution in [0.15, 0.2) is 53.1 Å². The summed E-state index contributed by atoms with van der Waals surface area (Å²) in [5.74, 6) is -0.155. The molecule has 2 fully saturated rings. The minimum Gasteiger partial charge on any atom is -0.481 e. The summed E-state index contributed by atoms with van der Waals surface area (Å²) >= 11 is 12.6. The van der Waals surface area contributed by atoms with Gasteiger partial charge in [-0.25, -0.2) is 0 Å². The lowest BCUT2D eigenvalue weighted by Gasteiger charge is -2.51. The molecule has 4 atom stereocenters. The van der Waals surface area contributed by atoms with Crippen molar-refractivity contribution in [3.05, 3.63) is 81.4 Å². The molecule has 7 nitrogen and oxygen atoms in total. The fraction of sp³-hybridized carbons (Fsp3) is 0.429. The van der Waals surface area contributed by atoms with Crippen molar-refractivity contribution in [3.8, 4) is 0 Å². The summed E-state index contributed by atoms with van der Waals surface area (Å²) in [7, 11) is 0. The van der Waals surface area contributed by atoms with Crippen molar-refractivity contribution in [1.29, 1.82) is 0 Å². The fourth-order valence-corrected chi connectivity index (χ4v) is 5.93. The molecule has 1 aromatic heterocycles. The lowest BCUT2D eigenvalue weighted by Crippen LogP contribution is -2.53. The van der Waals surface area contributed by atoms with E-state index in [2.05, 4.69) is 10.1 Å². The molecule has 0 radical (unpaired) electrons. The zero-order valence-electron chi connectivity index (χ0n) is 20.7. The molecule has 2 aliphatic rings. The first kappa shape index (κ1) is 25.7. The molecule has 5 rings (SSSR count). The van der Waals surface area contributed by atoms with Crippen molar-refractivity contribution < 1.29 is 19.2 Å². The van der Waals surface area contributed by atoms with Gasteiger partial charge in [0.2, 0.25) is 11.8 Å². The summed E-state index contributed by atoms with van der Waals surface area (Å²) in [5, 5.41) is 15.1. The fourth-order valence-electron chi connectivity index (χ4n) is 5.60. The average molecular weight is 542 g/mol. The zero-order valence-corrected chi connectivity index (χ0v) is 22.2. The molecule has 3 aromatic rings. The molecule has 0 bridgehead atoms. The van der Waals surface area contributed by atoms with Crippen LogP contribution in [0.2, 0.25) is 10.0 Å². The minimum atomic E-state index is -1.14. The summed E-state index contributed by atoms with van der Waals surface area (Å²) in [4.78, 5) is 32.8. The Balaban J connectivity index is 1.68. The maximum Gasteiger partial charge on any atom is 0.304 e. The lowest BCUT2D eigenvalue weighted by molar-refractivity contribution is -0.161. The van der Waals surface area contributed by atoms with Crippen molar-refractivity contribution >= 4 is 35.1 Å². The second-order valence-corrected chi connectivity index (χ2v) is 11.3. The molecule has 9 heteroatoms. The molecule has 1 saturated carbocycles. The van der Waals surface area contributed by atoms with Crippen LogP contribution in [0.3, 0.4) is 0 Å². The summed E-state index contributed by atoms with van der Waals surface area (Å²) < 4.78 is 5.72. The zero-order chi connectivity index (χ0) is 26.3. The highest BCUT2D eigenvalue weighted by atomic mass is 35.5. The normalized spacial score (nSPS) is 24.8. The van der Waals surface area contributed by atoms with Gasteiger partial charge in [0.15, 0.2) is 5.82 Å². The predicted octanol–water partition coefficient (Wildman–Crippen LogP) is 6.94. The van der Waals surface area contributed by atoms with E-state index < -0.39 is 23.5 Å². The average Bonchev–Trinajstić information content (AvgIpc) is 3.60. The van der Waals surface area contributed by atoms with E-state index in [9.17, 15) is 14.7 Å². The summed E-state index contributed by atoms with van der Waals surface area (Å²) in [6.07, 6.45) is 2.63. The van der Waals surface area contributed by atoms with E-state index in [0.29, 0.717) is 40.5 Å². The Kier molecular flexibility index (Phi) is 7.03. The topological polar surface area (TPSA) is 96.5 Å². The molecule has 194 valence electrons. The summed E-state index contributed by atoms with van der Waals surface area (Å²) in [5.41, 5.74) is 0.676. The number of likely N-dealkylation sites (tertiary alicyclic amines) is 1. The number of hydrogen-bond donors (Lipinski definition) is 1. The molecular weight excluding hydrogens is 513 g/mol. The number of piperidine rings is 1. The van der Waals surface area contributed by atoms with E-state index in [1.165, 1.54) is 0 Å². The third-order valence-corrected chi connectivity index (χ3v) is 8.03. The van der Waals surface area contributed by atoms with Gasteiger partial charge < -0.3 is 14.5 Å². The quantitative estimate of drug-likeness (QED) is 0.331. The summed E-state index contributed by atoms with van der Waals surface area (Å²) in [6.45, 7) is 3.71. The van der Waals surface area contributed by atoms with Crippen LogP contribution >= 0.6 is 23.2 Å². The molecule has 1 amide bonds. The van der Waals surface area contributed by atoms with Crippen LogP contribution in [-0.2, 0) is 9.59 Å². The van der Waals surface area contributed by atoms with Gasteiger partial charge in [-0.15, -0.1) is 0 Å². The maximum atomic E-state index is 14.3. The monoisotopic (exact) mass is 541 g/mol. The smallest absolute Gasteiger partial charge is 0.304 e. The van der Waals surface area contributed by atoms with Crippen LogP contribution in [0, 0.1) is 5.41 Å². The molecule has 2 aromatic carbocycles. The molecule has 1 aliphatic heterocycles. The second-order valence-electron chi connectivity index (χ2n) is 10.4. The van der Waals surface area contributed by atoms with Crippen LogP contribution < -0.4 is 0 Å². The highest BCUT2D eigenvalue weighted by Crippen LogP contribution is 2.54. The Labute approximate surface area is 225 Å². The number of carbonyl (C=O) groups is 2. The lowest BCUT2D eigenvalue weighted by atomic mass is 9.67. The number of carboxylic acids is 1. The second kappa shape index (κ2) is 10.1. The van der Waals surface area contributed by atoms with Crippen molar-refractivity contribution in [3.63, 3.8) is 0 Å². The van der Waals surface area contributed by atoms with E-state index in [-0.39, 0.29) is 18.2 Å². The van der Waals surface area contributed by atoms with Gasteiger partial charge in [-0.3, -0.25) is 9.59 Å². The Hall–Kier alpha value is -2.90. The van der Waals surface area contributed by atoms with E-state index in [4.69, 9.17) is 27.7 Å². The Bertz CT molecular complexity index is 1310. The van der Waals surface area contributed by atoms with Crippen molar-refractivity contribution in [2.75, 3.05) is 0 Å². The van der Waals surface area contributed by atoms with Crippen molar-refractivity contribution in [2.24, 2.45) is 5.41 Å². The summed E-state index contributed by atoms with van der Waals surface area (Å²) in [6, 6.07) is 14.0. The first-order chi connectivity index (χ1) is 17.7. The SMILES string of the molecule is CCC(c1nc(C2CC2)no1)N1C(=O)[C@@](C)(CC(=O)O)CC(c2cccc(Cl)c2)[C@H]1c1ccc(Cl)cc1. The first-order valence-electron chi connectivity index (χ1n) is 12.6. The minimum absolute atomic E-state index is 0.234. The van der Waals surface area contributed by atoms with Crippen LogP contribution in [-0.4, -0.2) is 32.0 Å². The van der Waals surface area contributed by atoms with E-state index in [0.717, 1.165) is 24.0 Å². The number of amides is 1. The maximum absolute atomic E-state index is 14.3. The number of halogens is 2. The Morgan fingerprint density at radius 1 is 1.16 bits per heavy atom. The van der Waals surface area contributed by atoms with Gasteiger partial charge in [-0.1, -0.05) is 66.5 Å². The largest absolute Gasteiger partial charge is 0.481 e. The van der Waals surface area contributed by atoms with E-state index in [1.807, 2.05) is 37.3 Å². The molecule has 1 N–H and O–H groups in total. The third kappa shape index (κ3) is 5.12. The molecule has 1 saturated heterocycles. The Morgan fingerprint density at radius 2 is 1.89 bits per heavy atom. The van der Waals surface area contributed by atoms with E-state index in [1.54, 1.807) is 30.0 Å².